The Morgan fingerprint density at radius 3 is 2.45 bits per heavy atom. The van der Waals surface area contributed by atoms with Gasteiger partial charge in [0.15, 0.2) is 0 Å². The first-order valence-corrected chi connectivity index (χ1v) is 8.66. The van der Waals surface area contributed by atoms with E-state index < -0.39 is 11.9 Å². The normalized spacial score (nSPS) is 10.7. The third-order valence-electron chi connectivity index (χ3n) is 3.95. The summed E-state index contributed by atoms with van der Waals surface area (Å²) in [6.07, 6.45) is 1.40. The molecule has 3 aromatic carbocycles. The lowest BCUT2D eigenvalue weighted by Gasteiger charge is -2.05. The first-order valence-electron chi connectivity index (χ1n) is 8.66. The third kappa shape index (κ3) is 5.20. The van der Waals surface area contributed by atoms with E-state index in [1.165, 1.54) is 18.3 Å². The fraction of sp³-hybridized carbons (Fsp3) is 0.0455. The predicted octanol–water partition coefficient (Wildman–Crippen LogP) is 3.39. The lowest BCUT2D eigenvalue weighted by atomic mass is 10.1. The quantitative estimate of drug-likeness (QED) is 0.268. The summed E-state index contributed by atoms with van der Waals surface area (Å²) in [4.78, 5) is 24.1. The van der Waals surface area contributed by atoms with Gasteiger partial charge in [0.25, 0.3) is 5.91 Å². The number of ether oxygens (including phenoxy) is 1. The number of hydrogen-bond acceptors (Lipinski definition) is 6. The predicted molar refractivity (Wildman–Crippen MR) is 107 cm³/mol. The van der Waals surface area contributed by atoms with Crippen LogP contribution in [0, 0.1) is 6.92 Å². The van der Waals surface area contributed by atoms with Crippen LogP contribution in [0.5, 0.6) is 17.2 Å². The van der Waals surface area contributed by atoms with Crippen LogP contribution in [0.1, 0.15) is 31.8 Å². The molecule has 0 atom stereocenters. The van der Waals surface area contributed by atoms with Crippen molar-refractivity contribution >= 4 is 18.1 Å². The van der Waals surface area contributed by atoms with E-state index in [2.05, 4.69) is 10.5 Å². The standard InChI is InChI=1S/C22H18N2O5/c1-14-3-2-4-16(11-14)22(28)29-18-8-5-15(6-9-18)13-23-24-21(27)19-10-7-17(25)12-20(19)26/h2-13,25-26H,1H3,(H,24,27). The van der Waals surface area contributed by atoms with E-state index in [1.807, 2.05) is 13.0 Å². The van der Waals surface area contributed by atoms with Crippen LogP contribution in [0.2, 0.25) is 0 Å². The van der Waals surface area contributed by atoms with E-state index in [1.54, 1.807) is 42.5 Å². The van der Waals surface area contributed by atoms with Gasteiger partial charge < -0.3 is 14.9 Å². The number of carbonyl (C=O) groups is 2. The van der Waals surface area contributed by atoms with Crippen LogP contribution in [0.4, 0.5) is 0 Å². The largest absolute Gasteiger partial charge is 0.508 e. The molecule has 0 saturated carbocycles. The number of phenolic OH excluding ortho intramolecular Hbond substituents is 2. The average Bonchev–Trinajstić information content (AvgIpc) is 2.69. The van der Waals surface area contributed by atoms with Crippen LogP contribution in [0.15, 0.2) is 71.8 Å². The smallest absolute Gasteiger partial charge is 0.343 e. The molecule has 7 nitrogen and oxygen atoms in total. The van der Waals surface area contributed by atoms with Gasteiger partial charge in [-0.15, -0.1) is 0 Å². The van der Waals surface area contributed by atoms with Crippen molar-refractivity contribution in [1.82, 2.24) is 5.43 Å². The zero-order chi connectivity index (χ0) is 20.8. The van der Waals surface area contributed by atoms with Crippen LogP contribution in [0.25, 0.3) is 0 Å². The maximum absolute atomic E-state index is 12.1. The molecule has 1 amide bonds. The van der Waals surface area contributed by atoms with Gasteiger partial charge in [0.1, 0.15) is 17.2 Å². The minimum absolute atomic E-state index is 0.0154. The molecular formula is C22H18N2O5. The molecule has 0 bridgehead atoms. The molecule has 7 heteroatoms. The number of benzene rings is 3. The third-order valence-corrected chi connectivity index (χ3v) is 3.95. The molecule has 29 heavy (non-hydrogen) atoms. The van der Waals surface area contributed by atoms with Gasteiger partial charge in [-0.2, -0.15) is 5.10 Å². The van der Waals surface area contributed by atoms with Crippen LogP contribution in [-0.4, -0.2) is 28.3 Å². The van der Waals surface area contributed by atoms with Crippen molar-refractivity contribution in [2.45, 2.75) is 6.92 Å². The molecule has 0 saturated heterocycles. The molecule has 0 fully saturated rings. The van der Waals surface area contributed by atoms with E-state index in [9.17, 15) is 19.8 Å². The second-order valence-corrected chi connectivity index (χ2v) is 6.23. The lowest BCUT2D eigenvalue weighted by molar-refractivity contribution is 0.0734. The van der Waals surface area contributed by atoms with E-state index in [4.69, 9.17) is 4.74 Å². The number of esters is 1. The Labute approximate surface area is 166 Å². The van der Waals surface area contributed by atoms with Gasteiger partial charge in [-0.3, -0.25) is 4.79 Å². The molecule has 0 aliphatic carbocycles. The van der Waals surface area contributed by atoms with Gasteiger partial charge in [-0.25, -0.2) is 10.2 Å². The minimum Gasteiger partial charge on any atom is -0.508 e. The molecule has 0 aliphatic heterocycles. The Kier molecular flexibility index (Phi) is 5.89. The van der Waals surface area contributed by atoms with Crippen molar-refractivity contribution < 1.29 is 24.5 Å². The summed E-state index contributed by atoms with van der Waals surface area (Å²) in [7, 11) is 0. The second-order valence-electron chi connectivity index (χ2n) is 6.23. The Morgan fingerprint density at radius 1 is 1.00 bits per heavy atom. The highest BCUT2D eigenvalue weighted by molar-refractivity contribution is 5.97. The van der Waals surface area contributed by atoms with Gasteiger partial charge in [0.2, 0.25) is 0 Å². The van der Waals surface area contributed by atoms with Crippen LogP contribution < -0.4 is 10.2 Å². The van der Waals surface area contributed by atoms with E-state index in [-0.39, 0.29) is 17.1 Å². The number of hydrogen-bond donors (Lipinski definition) is 3. The highest BCUT2D eigenvalue weighted by Crippen LogP contribution is 2.22. The zero-order valence-electron chi connectivity index (χ0n) is 15.5. The molecule has 146 valence electrons. The maximum atomic E-state index is 12.1. The Hall–Kier alpha value is -4.13. The summed E-state index contributed by atoms with van der Waals surface area (Å²) in [5, 5.41) is 22.7. The monoisotopic (exact) mass is 390 g/mol. The Bertz CT molecular complexity index is 1070. The Balaban J connectivity index is 1.58. The minimum atomic E-state index is -0.623. The molecule has 3 aromatic rings. The average molecular weight is 390 g/mol. The lowest BCUT2D eigenvalue weighted by Crippen LogP contribution is -2.17. The Morgan fingerprint density at radius 2 is 1.76 bits per heavy atom. The number of carbonyl (C=O) groups excluding carboxylic acids is 2. The fourth-order valence-electron chi connectivity index (χ4n) is 2.50. The molecule has 3 rings (SSSR count). The molecule has 0 radical (unpaired) electrons. The molecule has 0 aliphatic rings. The fourth-order valence-corrected chi connectivity index (χ4v) is 2.50. The highest BCUT2D eigenvalue weighted by Gasteiger charge is 2.11. The van der Waals surface area contributed by atoms with Crippen molar-refractivity contribution in [2.75, 3.05) is 0 Å². The van der Waals surface area contributed by atoms with Crippen LogP contribution in [0.3, 0.4) is 0 Å². The van der Waals surface area contributed by atoms with Crippen molar-refractivity contribution in [3.05, 3.63) is 89.0 Å². The molecule has 0 spiro atoms. The van der Waals surface area contributed by atoms with Gasteiger partial charge in [-0.1, -0.05) is 17.7 Å². The SMILES string of the molecule is Cc1cccc(C(=O)Oc2ccc(C=NNC(=O)c3ccc(O)cc3O)cc2)c1. The number of aromatic hydroxyl groups is 2. The van der Waals surface area contributed by atoms with Gasteiger partial charge >= 0.3 is 5.97 Å². The number of phenols is 2. The molecule has 0 unspecified atom stereocenters. The molecule has 0 heterocycles. The first kappa shape index (κ1) is 19.6. The van der Waals surface area contributed by atoms with E-state index in [0.29, 0.717) is 16.9 Å². The van der Waals surface area contributed by atoms with E-state index >= 15 is 0 Å². The number of nitrogens with zero attached hydrogens (tertiary/aromatic N) is 1. The highest BCUT2D eigenvalue weighted by atomic mass is 16.5. The summed E-state index contributed by atoms with van der Waals surface area (Å²) in [6.45, 7) is 1.90. The summed E-state index contributed by atoms with van der Waals surface area (Å²) < 4.78 is 5.33. The number of amides is 1. The zero-order valence-corrected chi connectivity index (χ0v) is 15.5. The van der Waals surface area contributed by atoms with E-state index in [0.717, 1.165) is 11.6 Å². The van der Waals surface area contributed by atoms with Crippen LogP contribution in [-0.2, 0) is 0 Å². The van der Waals surface area contributed by atoms with Gasteiger partial charge in [-0.05, 0) is 61.0 Å². The van der Waals surface area contributed by atoms with Crippen molar-refractivity contribution in [1.29, 1.82) is 0 Å². The molecular weight excluding hydrogens is 372 g/mol. The van der Waals surface area contributed by atoms with Gasteiger partial charge in [0, 0.05) is 6.07 Å². The summed E-state index contributed by atoms with van der Waals surface area (Å²) in [5.74, 6) is -1.19. The molecule has 0 aromatic heterocycles. The van der Waals surface area contributed by atoms with Crippen molar-refractivity contribution in [3.8, 4) is 17.2 Å². The van der Waals surface area contributed by atoms with Crippen LogP contribution >= 0.6 is 0 Å². The van der Waals surface area contributed by atoms with Crippen molar-refractivity contribution in [3.63, 3.8) is 0 Å². The van der Waals surface area contributed by atoms with Gasteiger partial charge in [0.05, 0.1) is 17.3 Å². The number of hydrazone groups is 1. The summed E-state index contributed by atoms with van der Waals surface area (Å²) in [5.41, 5.74) is 4.37. The molecule has 3 N–H and O–H groups in total. The number of aryl methyl sites for hydroxylation is 1. The number of rotatable bonds is 5. The summed E-state index contributed by atoms with van der Waals surface area (Å²) in [6, 6.07) is 17.3. The van der Waals surface area contributed by atoms with Crippen molar-refractivity contribution in [2.24, 2.45) is 5.10 Å². The number of nitrogens with one attached hydrogen (secondary N) is 1. The first-order chi connectivity index (χ1) is 13.9. The second kappa shape index (κ2) is 8.71. The maximum Gasteiger partial charge on any atom is 0.343 e. The topological polar surface area (TPSA) is 108 Å². The summed E-state index contributed by atoms with van der Waals surface area (Å²) >= 11 is 0.